The standard InChI is InChI=1S/C29H29NO4/c1-4-17-34-24-16-15-22(18-19(24)3)27(31)25-26(21-13-11-20(5-2)12-14-21)30(29(33)28(25)32)23-9-7-6-8-10-23/h6-16,18,26,31H,4-5,17H2,1-3H3/b27-25-. The average molecular weight is 456 g/mol. The third-order valence-electron chi connectivity index (χ3n) is 6.09. The molecule has 0 bridgehead atoms. The lowest BCUT2D eigenvalue weighted by Crippen LogP contribution is -2.29. The van der Waals surface area contributed by atoms with Gasteiger partial charge in [0.25, 0.3) is 11.7 Å². The van der Waals surface area contributed by atoms with E-state index >= 15 is 0 Å². The molecule has 1 unspecified atom stereocenters. The predicted molar refractivity (Wildman–Crippen MR) is 134 cm³/mol. The Hall–Kier alpha value is -3.86. The third kappa shape index (κ3) is 4.34. The Morgan fingerprint density at radius 2 is 1.68 bits per heavy atom. The fraction of sp³-hybridized carbons (Fsp3) is 0.241. The second kappa shape index (κ2) is 9.96. The number of aliphatic hydroxyl groups excluding tert-OH is 1. The highest BCUT2D eigenvalue weighted by Gasteiger charge is 2.46. The number of ketones is 1. The number of nitrogens with zero attached hydrogens (tertiary/aromatic N) is 1. The number of ether oxygens (including phenoxy) is 1. The molecule has 1 amide bonds. The van der Waals surface area contributed by atoms with Crippen molar-refractivity contribution in [3.05, 3.63) is 101 Å². The Balaban J connectivity index is 1.86. The molecule has 1 N–H and O–H groups in total. The molecule has 5 nitrogen and oxygen atoms in total. The van der Waals surface area contributed by atoms with Gasteiger partial charge in [0.2, 0.25) is 0 Å². The maximum Gasteiger partial charge on any atom is 0.300 e. The number of hydrogen-bond donors (Lipinski definition) is 1. The molecule has 3 aromatic carbocycles. The number of aliphatic hydroxyl groups is 1. The number of Topliss-reactive ketones (excluding diaryl/α,β-unsaturated/α-hetero) is 1. The van der Waals surface area contributed by atoms with Gasteiger partial charge < -0.3 is 9.84 Å². The molecule has 1 saturated heterocycles. The summed E-state index contributed by atoms with van der Waals surface area (Å²) < 4.78 is 5.74. The Labute approximate surface area is 200 Å². The molecule has 3 aromatic rings. The Bertz CT molecular complexity index is 1230. The molecule has 1 fully saturated rings. The zero-order chi connectivity index (χ0) is 24.2. The molecule has 0 radical (unpaired) electrons. The molecular formula is C29H29NO4. The molecule has 1 aliphatic heterocycles. The number of rotatable bonds is 7. The average Bonchev–Trinajstić information content (AvgIpc) is 3.13. The highest BCUT2D eigenvalue weighted by Crippen LogP contribution is 2.42. The van der Waals surface area contributed by atoms with E-state index in [0.717, 1.165) is 35.3 Å². The van der Waals surface area contributed by atoms with Crippen LogP contribution in [-0.2, 0) is 16.0 Å². The summed E-state index contributed by atoms with van der Waals surface area (Å²) in [4.78, 5) is 28.0. The minimum Gasteiger partial charge on any atom is -0.507 e. The first-order valence-corrected chi connectivity index (χ1v) is 11.6. The van der Waals surface area contributed by atoms with Crippen LogP contribution in [0.15, 0.2) is 78.4 Å². The Kier molecular flexibility index (Phi) is 6.82. The Morgan fingerprint density at radius 1 is 0.971 bits per heavy atom. The Morgan fingerprint density at radius 3 is 2.29 bits per heavy atom. The number of anilines is 1. The summed E-state index contributed by atoms with van der Waals surface area (Å²) in [6.45, 7) is 6.60. The lowest BCUT2D eigenvalue weighted by molar-refractivity contribution is -0.132. The summed E-state index contributed by atoms with van der Waals surface area (Å²) in [7, 11) is 0. The molecule has 174 valence electrons. The first kappa shape index (κ1) is 23.3. The highest BCUT2D eigenvalue weighted by molar-refractivity contribution is 6.51. The van der Waals surface area contributed by atoms with Gasteiger partial charge in [0.05, 0.1) is 18.2 Å². The molecule has 1 aliphatic rings. The molecule has 34 heavy (non-hydrogen) atoms. The normalized spacial score (nSPS) is 17.3. The number of amides is 1. The summed E-state index contributed by atoms with van der Waals surface area (Å²) in [5, 5.41) is 11.3. The molecule has 1 heterocycles. The van der Waals surface area contributed by atoms with Crippen LogP contribution in [0.25, 0.3) is 5.76 Å². The van der Waals surface area contributed by atoms with Gasteiger partial charge in [-0.1, -0.05) is 56.3 Å². The van der Waals surface area contributed by atoms with Crippen LogP contribution in [0, 0.1) is 6.92 Å². The van der Waals surface area contributed by atoms with Crippen LogP contribution < -0.4 is 9.64 Å². The minimum absolute atomic E-state index is 0.0831. The second-order valence-electron chi connectivity index (χ2n) is 8.43. The predicted octanol–water partition coefficient (Wildman–Crippen LogP) is 5.97. The van der Waals surface area contributed by atoms with E-state index in [4.69, 9.17) is 4.74 Å². The van der Waals surface area contributed by atoms with Crippen molar-refractivity contribution in [3.8, 4) is 5.75 Å². The summed E-state index contributed by atoms with van der Waals surface area (Å²) in [6, 6.07) is 21.5. The first-order chi connectivity index (χ1) is 16.5. The van der Waals surface area contributed by atoms with Crippen molar-refractivity contribution in [1.82, 2.24) is 0 Å². The van der Waals surface area contributed by atoms with Gasteiger partial charge in [-0.25, -0.2) is 0 Å². The van der Waals surface area contributed by atoms with Crippen LogP contribution >= 0.6 is 0 Å². The van der Waals surface area contributed by atoms with E-state index in [9.17, 15) is 14.7 Å². The van der Waals surface area contributed by atoms with Crippen molar-refractivity contribution in [2.45, 2.75) is 39.7 Å². The van der Waals surface area contributed by atoms with Gasteiger partial charge in [0.15, 0.2) is 0 Å². The van der Waals surface area contributed by atoms with Crippen molar-refractivity contribution < 1.29 is 19.4 Å². The SMILES string of the molecule is CCCOc1ccc(/C(O)=C2/C(=O)C(=O)N(c3ccccc3)C2c2ccc(CC)cc2)cc1C. The maximum absolute atomic E-state index is 13.3. The molecule has 0 saturated carbocycles. The van der Waals surface area contributed by atoms with Crippen LogP contribution in [0.2, 0.25) is 0 Å². The third-order valence-corrected chi connectivity index (χ3v) is 6.09. The monoisotopic (exact) mass is 455 g/mol. The van der Waals surface area contributed by atoms with E-state index < -0.39 is 17.7 Å². The number of carbonyl (C=O) groups is 2. The molecule has 0 aromatic heterocycles. The van der Waals surface area contributed by atoms with Gasteiger partial charge in [-0.3, -0.25) is 14.5 Å². The molecular weight excluding hydrogens is 426 g/mol. The zero-order valence-electron chi connectivity index (χ0n) is 19.7. The lowest BCUT2D eigenvalue weighted by atomic mass is 9.94. The van der Waals surface area contributed by atoms with Crippen molar-refractivity contribution in [1.29, 1.82) is 0 Å². The first-order valence-electron chi connectivity index (χ1n) is 11.6. The largest absolute Gasteiger partial charge is 0.507 e. The van der Waals surface area contributed by atoms with E-state index in [1.807, 2.05) is 56.3 Å². The van der Waals surface area contributed by atoms with Crippen LogP contribution in [0.5, 0.6) is 5.75 Å². The van der Waals surface area contributed by atoms with E-state index in [1.165, 1.54) is 4.90 Å². The van der Waals surface area contributed by atoms with E-state index in [-0.39, 0.29) is 11.3 Å². The minimum atomic E-state index is -0.732. The quantitative estimate of drug-likeness (QED) is 0.271. The molecule has 4 rings (SSSR count). The van der Waals surface area contributed by atoms with Gasteiger partial charge in [-0.2, -0.15) is 0 Å². The van der Waals surface area contributed by atoms with Gasteiger partial charge in [-0.15, -0.1) is 0 Å². The lowest BCUT2D eigenvalue weighted by Gasteiger charge is -2.25. The molecule has 0 spiro atoms. The summed E-state index contributed by atoms with van der Waals surface area (Å²) in [5.41, 5.74) is 3.92. The molecule has 0 aliphatic carbocycles. The van der Waals surface area contributed by atoms with Gasteiger partial charge in [-0.05, 0) is 66.8 Å². The number of aryl methyl sites for hydroxylation is 2. The summed E-state index contributed by atoms with van der Waals surface area (Å²) in [5.74, 6) is -0.812. The second-order valence-corrected chi connectivity index (χ2v) is 8.43. The van der Waals surface area contributed by atoms with Crippen molar-refractivity contribution in [3.63, 3.8) is 0 Å². The van der Waals surface area contributed by atoms with E-state index in [0.29, 0.717) is 17.9 Å². The highest BCUT2D eigenvalue weighted by atomic mass is 16.5. The molecule has 5 heteroatoms. The van der Waals surface area contributed by atoms with Crippen molar-refractivity contribution in [2.24, 2.45) is 0 Å². The van der Waals surface area contributed by atoms with Gasteiger partial charge in [0.1, 0.15) is 11.5 Å². The van der Waals surface area contributed by atoms with Crippen LogP contribution in [0.4, 0.5) is 5.69 Å². The van der Waals surface area contributed by atoms with Crippen LogP contribution in [0.1, 0.15) is 48.6 Å². The topological polar surface area (TPSA) is 66.8 Å². The zero-order valence-corrected chi connectivity index (χ0v) is 19.7. The molecule has 1 atom stereocenters. The van der Waals surface area contributed by atoms with E-state index in [2.05, 4.69) is 6.92 Å². The fourth-order valence-electron chi connectivity index (χ4n) is 4.26. The van der Waals surface area contributed by atoms with Crippen molar-refractivity contribution >= 4 is 23.1 Å². The number of benzene rings is 3. The number of carbonyl (C=O) groups excluding carboxylic acids is 2. The van der Waals surface area contributed by atoms with Gasteiger partial charge in [0, 0.05) is 11.3 Å². The summed E-state index contributed by atoms with van der Waals surface area (Å²) in [6.07, 6.45) is 1.77. The van der Waals surface area contributed by atoms with Crippen molar-refractivity contribution in [2.75, 3.05) is 11.5 Å². The smallest absolute Gasteiger partial charge is 0.300 e. The van der Waals surface area contributed by atoms with Crippen LogP contribution in [-0.4, -0.2) is 23.4 Å². The maximum atomic E-state index is 13.3. The number of hydrogen-bond acceptors (Lipinski definition) is 4. The number of para-hydroxylation sites is 1. The fourth-order valence-corrected chi connectivity index (χ4v) is 4.26. The van der Waals surface area contributed by atoms with Gasteiger partial charge >= 0.3 is 0 Å². The van der Waals surface area contributed by atoms with Crippen LogP contribution in [0.3, 0.4) is 0 Å². The van der Waals surface area contributed by atoms with E-state index in [1.54, 1.807) is 30.3 Å². The summed E-state index contributed by atoms with van der Waals surface area (Å²) >= 11 is 0.